The number of hydrogen-bond acceptors (Lipinski definition) is 3. The maximum absolute atomic E-state index is 12.7. The molecule has 1 aliphatic heterocycles. The van der Waals surface area contributed by atoms with Gasteiger partial charge in [-0.3, -0.25) is 0 Å². The lowest BCUT2D eigenvalue weighted by molar-refractivity contribution is 0.377. The highest BCUT2D eigenvalue weighted by Gasteiger charge is 2.40. The molecule has 1 aliphatic rings. The predicted molar refractivity (Wildman–Crippen MR) is 82.5 cm³/mol. The normalized spacial score (nSPS) is 24.4. The molecule has 2 rings (SSSR count). The molecule has 7 heteroatoms. The molecule has 2 unspecified atom stereocenters. The molecule has 1 aromatic rings. The van der Waals surface area contributed by atoms with Crippen molar-refractivity contribution in [2.75, 3.05) is 11.9 Å². The second-order valence-electron chi connectivity index (χ2n) is 5.42. The van der Waals surface area contributed by atoms with E-state index in [1.54, 1.807) is 10.5 Å². The molecule has 1 aromatic heterocycles. The number of halogens is 1. The molecule has 0 amide bonds. The smallest absolute Gasteiger partial charge is 0.262 e. The van der Waals surface area contributed by atoms with E-state index in [1.165, 1.54) is 0 Å². The Balaban J connectivity index is 2.33. The maximum Gasteiger partial charge on any atom is 0.262 e. The molecule has 0 aliphatic carbocycles. The maximum atomic E-state index is 12.7. The molecule has 2 atom stereocenters. The Hall–Kier alpha value is -0.400. The minimum Gasteiger partial charge on any atom is -0.334 e. The SMILES string of the molecule is CCCn1cc(S(=O)(=O)N2CCC(C)C2CBr)nc1C. The molecule has 0 saturated carbocycles. The largest absolute Gasteiger partial charge is 0.334 e. The Bertz CT molecular complexity index is 570. The molecule has 0 radical (unpaired) electrons. The minimum atomic E-state index is -3.48. The van der Waals surface area contributed by atoms with Gasteiger partial charge in [-0.2, -0.15) is 4.31 Å². The number of hydrogen-bond donors (Lipinski definition) is 0. The zero-order valence-electron chi connectivity index (χ0n) is 12.2. The average Bonchev–Trinajstić information content (AvgIpc) is 2.94. The van der Waals surface area contributed by atoms with Crippen LogP contribution in [0.25, 0.3) is 0 Å². The summed E-state index contributed by atoms with van der Waals surface area (Å²) in [5.41, 5.74) is 0. The number of alkyl halides is 1. The second-order valence-corrected chi connectivity index (χ2v) is 7.91. The van der Waals surface area contributed by atoms with E-state index < -0.39 is 10.0 Å². The van der Waals surface area contributed by atoms with Crippen LogP contribution in [0.2, 0.25) is 0 Å². The van der Waals surface area contributed by atoms with Crippen LogP contribution in [-0.4, -0.2) is 40.2 Å². The van der Waals surface area contributed by atoms with E-state index in [1.807, 2.05) is 11.5 Å². The standard InChI is InChI=1S/C13H22BrN3O2S/c1-4-6-16-9-13(15-11(16)3)20(18,19)17-7-5-10(2)12(17)8-14/h9-10,12H,4-8H2,1-3H3. The molecule has 20 heavy (non-hydrogen) atoms. The van der Waals surface area contributed by atoms with Crippen molar-refractivity contribution in [3.05, 3.63) is 12.0 Å². The van der Waals surface area contributed by atoms with E-state index in [9.17, 15) is 8.42 Å². The zero-order valence-corrected chi connectivity index (χ0v) is 14.6. The Morgan fingerprint density at radius 2 is 2.20 bits per heavy atom. The van der Waals surface area contributed by atoms with Crippen molar-refractivity contribution in [3.63, 3.8) is 0 Å². The van der Waals surface area contributed by atoms with Gasteiger partial charge >= 0.3 is 0 Å². The lowest BCUT2D eigenvalue weighted by Gasteiger charge is -2.23. The first-order chi connectivity index (χ1) is 9.41. The lowest BCUT2D eigenvalue weighted by atomic mass is 10.1. The van der Waals surface area contributed by atoms with Gasteiger partial charge in [-0.25, -0.2) is 13.4 Å². The highest BCUT2D eigenvalue weighted by Crippen LogP contribution is 2.30. The van der Waals surface area contributed by atoms with E-state index in [0.29, 0.717) is 17.8 Å². The van der Waals surface area contributed by atoms with Crippen molar-refractivity contribution < 1.29 is 8.42 Å². The van der Waals surface area contributed by atoms with Gasteiger partial charge in [0.15, 0.2) is 5.03 Å². The summed E-state index contributed by atoms with van der Waals surface area (Å²) in [7, 11) is -3.48. The summed E-state index contributed by atoms with van der Waals surface area (Å²) < 4.78 is 29.0. The van der Waals surface area contributed by atoms with E-state index in [4.69, 9.17) is 0 Å². The molecular weight excluding hydrogens is 342 g/mol. The molecule has 114 valence electrons. The highest BCUT2D eigenvalue weighted by atomic mass is 79.9. The van der Waals surface area contributed by atoms with E-state index >= 15 is 0 Å². The first kappa shape index (κ1) is 16.0. The first-order valence-electron chi connectivity index (χ1n) is 7.03. The molecule has 0 spiro atoms. The van der Waals surface area contributed by atoms with Gasteiger partial charge in [0, 0.05) is 30.7 Å². The van der Waals surface area contributed by atoms with Crippen LogP contribution >= 0.6 is 15.9 Å². The topological polar surface area (TPSA) is 55.2 Å². The fourth-order valence-corrected chi connectivity index (χ4v) is 5.60. The van der Waals surface area contributed by atoms with Crippen LogP contribution in [0.5, 0.6) is 0 Å². The third-order valence-corrected chi connectivity index (χ3v) is 6.44. The molecule has 0 N–H and O–H groups in total. The Kier molecular flexibility index (Phi) is 4.92. The summed E-state index contributed by atoms with van der Waals surface area (Å²) in [4.78, 5) is 4.26. The Morgan fingerprint density at radius 1 is 1.50 bits per heavy atom. The molecule has 1 fully saturated rings. The molecule has 1 saturated heterocycles. The number of sulfonamides is 1. The zero-order chi connectivity index (χ0) is 14.9. The number of imidazole rings is 1. The summed E-state index contributed by atoms with van der Waals surface area (Å²) in [5.74, 6) is 1.14. The van der Waals surface area contributed by atoms with Crippen molar-refractivity contribution in [2.45, 2.75) is 51.2 Å². The van der Waals surface area contributed by atoms with E-state index in [0.717, 1.165) is 25.2 Å². The molecular formula is C13H22BrN3O2S. The quantitative estimate of drug-likeness (QED) is 0.754. The van der Waals surface area contributed by atoms with Gasteiger partial charge in [-0.05, 0) is 25.7 Å². The number of aryl methyl sites for hydroxylation is 2. The van der Waals surface area contributed by atoms with Crippen molar-refractivity contribution in [2.24, 2.45) is 5.92 Å². The summed E-state index contributed by atoms with van der Waals surface area (Å²) in [6.45, 7) is 7.40. The van der Waals surface area contributed by atoms with Gasteiger partial charge < -0.3 is 4.57 Å². The Morgan fingerprint density at radius 3 is 2.80 bits per heavy atom. The van der Waals surface area contributed by atoms with Gasteiger partial charge in [-0.15, -0.1) is 0 Å². The number of aromatic nitrogens is 2. The van der Waals surface area contributed by atoms with Crippen molar-refractivity contribution >= 4 is 26.0 Å². The fraction of sp³-hybridized carbons (Fsp3) is 0.769. The number of nitrogens with zero attached hydrogens (tertiary/aromatic N) is 3. The monoisotopic (exact) mass is 363 g/mol. The molecule has 5 nitrogen and oxygen atoms in total. The van der Waals surface area contributed by atoms with E-state index in [-0.39, 0.29) is 11.1 Å². The van der Waals surface area contributed by atoms with Crippen molar-refractivity contribution in [3.8, 4) is 0 Å². The van der Waals surface area contributed by atoms with Gasteiger partial charge in [0.2, 0.25) is 0 Å². The van der Waals surface area contributed by atoms with Crippen LogP contribution in [0, 0.1) is 12.8 Å². The van der Waals surface area contributed by atoms with E-state index in [2.05, 4.69) is 34.8 Å². The van der Waals surface area contributed by atoms with Crippen LogP contribution in [0.3, 0.4) is 0 Å². The minimum absolute atomic E-state index is 0.0247. The van der Waals surface area contributed by atoms with Crippen molar-refractivity contribution in [1.29, 1.82) is 0 Å². The third-order valence-electron chi connectivity index (χ3n) is 3.98. The molecule has 0 bridgehead atoms. The number of rotatable bonds is 5. The summed E-state index contributed by atoms with van der Waals surface area (Å²) in [6, 6.07) is 0.0247. The van der Waals surface area contributed by atoms with Crippen LogP contribution in [0.1, 0.15) is 32.5 Å². The highest BCUT2D eigenvalue weighted by molar-refractivity contribution is 9.09. The van der Waals surface area contributed by atoms with Crippen molar-refractivity contribution in [1.82, 2.24) is 13.9 Å². The summed E-state index contributed by atoms with van der Waals surface area (Å²) in [6.07, 6.45) is 3.54. The van der Waals surface area contributed by atoms with Crippen LogP contribution < -0.4 is 0 Å². The predicted octanol–water partition coefficient (Wildman–Crippen LogP) is 2.40. The first-order valence-corrected chi connectivity index (χ1v) is 9.59. The third kappa shape index (κ3) is 2.80. The van der Waals surface area contributed by atoms with Gasteiger partial charge in [0.1, 0.15) is 5.82 Å². The summed E-state index contributed by atoms with van der Waals surface area (Å²) in [5, 5.41) is 0.852. The second kappa shape index (κ2) is 6.15. The summed E-state index contributed by atoms with van der Waals surface area (Å²) >= 11 is 3.43. The van der Waals surface area contributed by atoms with Crippen LogP contribution in [-0.2, 0) is 16.6 Å². The van der Waals surface area contributed by atoms with Gasteiger partial charge in [0.25, 0.3) is 10.0 Å². The molecule has 0 aromatic carbocycles. The van der Waals surface area contributed by atoms with Gasteiger partial charge in [-0.1, -0.05) is 29.8 Å². The molecule has 2 heterocycles. The van der Waals surface area contributed by atoms with Crippen LogP contribution in [0.15, 0.2) is 11.2 Å². The average molecular weight is 364 g/mol. The van der Waals surface area contributed by atoms with Crippen LogP contribution in [0.4, 0.5) is 0 Å². The fourth-order valence-electron chi connectivity index (χ4n) is 2.69. The van der Waals surface area contributed by atoms with Gasteiger partial charge in [0.05, 0.1) is 0 Å². The Labute approximate surface area is 129 Å². The lowest BCUT2D eigenvalue weighted by Crippen LogP contribution is -2.38.